The first kappa shape index (κ1) is 12.8. The molecule has 0 amide bonds. The zero-order valence-electron chi connectivity index (χ0n) is 10.4. The lowest BCUT2D eigenvalue weighted by molar-refractivity contribution is -0.0234. The quantitative estimate of drug-likeness (QED) is 0.802. The van der Waals surface area contributed by atoms with Crippen LogP contribution in [-0.4, -0.2) is 11.1 Å². The van der Waals surface area contributed by atoms with Gasteiger partial charge in [0, 0.05) is 11.2 Å². The second-order valence-electron chi connectivity index (χ2n) is 4.77. The van der Waals surface area contributed by atoms with Crippen molar-refractivity contribution < 1.29 is 4.74 Å². The second-order valence-corrected chi connectivity index (χ2v) is 5.20. The van der Waals surface area contributed by atoms with E-state index in [9.17, 15) is 0 Å². The van der Waals surface area contributed by atoms with E-state index in [2.05, 4.69) is 11.9 Å². The summed E-state index contributed by atoms with van der Waals surface area (Å²) >= 11 is 5.93. The smallest absolute Gasteiger partial charge is 0.0892 e. The maximum Gasteiger partial charge on any atom is 0.0892 e. The summed E-state index contributed by atoms with van der Waals surface area (Å²) in [6, 6.07) is 3.67. The fraction of sp³-hybridized carbons (Fsp3) is 0.643. The Balaban J connectivity index is 1.88. The summed E-state index contributed by atoms with van der Waals surface area (Å²) in [5.41, 5.74) is 0.929. The van der Waals surface area contributed by atoms with E-state index in [-0.39, 0.29) is 0 Å². The van der Waals surface area contributed by atoms with E-state index in [0.29, 0.717) is 12.7 Å². The fourth-order valence-corrected chi connectivity index (χ4v) is 2.76. The van der Waals surface area contributed by atoms with Crippen molar-refractivity contribution in [1.82, 2.24) is 4.98 Å². The molecule has 1 aliphatic rings. The van der Waals surface area contributed by atoms with Crippen LogP contribution in [0.15, 0.2) is 18.3 Å². The first-order valence-corrected chi connectivity index (χ1v) is 6.89. The van der Waals surface area contributed by atoms with Gasteiger partial charge in [0.25, 0.3) is 0 Å². The molecule has 0 bridgehead atoms. The molecule has 1 aromatic rings. The van der Waals surface area contributed by atoms with Crippen LogP contribution in [0.5, 0.6) is 0 Å². The van der Waals surface area contributed by atoms with E-state index in [4.69, 9.17) is 16.3 Å². The highest BCUT2D eigenvalue weighted by Gasteiger charge is 2.24. The Morgan fingerprint density at radius 2 is 2.24 bits per heavy atom. The normalized spacial score (nSPS) is 24.8. The van der Waals surface area contributed by atoms with Crippen LogP contribution in [0, 0.1) is 5.92 Å². The van der Waals surface area contributed by atoms with E-state index in [0.717, 1.165) is 16.6 Å². The summed E-state index contributed by atoms with van der Waals surface area (Å²) in [6.45, 7) is 2.84. The van der Waals surface area contributed by atoms with Crippen LogP contribution < -0.4 is 0 Å². The van der Waals surface area contributed by atoms with Crippen LogP contribution in [0.3, 0.4) is 0 Å². The lowest BCUT2D eigenvalue weighted by Gasteiger charge is -2.30. The van der Waals surface area contributed by atoms with Gasteiger partial charge in [-0.05, 0) is 30.9 Å². The molecule has 0 aromatic carbocycles. The zero-order chi connectivity index (χ0) is 12.1. The van der Waals surface area contributed by atoms with Crippen LogP contribution in [0.25, 0.3) is 0 Å². The largest absolute Gasteiger partial charge is 0.372 e. The van der Waals surface area contributed by atoms with Crippen LogP contribution in [0.1, 0.15) is 44.7 Å². The second kappa shape index (κ2) is 6.36. The molecule has 1 saturated carbocycles. The summed E-state index contributed by atoms with van der Waals surface area (Å²) in [7, 11) is 0. The Bertz CT molecular complexity index is 356. The van der Waals surface area contributed by atoms with E-state index in [1.807, 2.05) is 6.07 Å². The van der Waals surface area contributed by atoms with Gasteiger partial charge in [-0.3, -0.25) is 4.98 Å². The van der Waals surface area contributed by atoms with Crippen molar-refractivity contribution >= 4 is 11.6 Å². The van der Waals surface area contributed by atoms with Crippen molar-refractivity contribution in [2.45, 2.75) is 51.7 Å². The van der Waals surface area contributed by atoms with Crippen molar-refractivity contribution in [3.8, 4) is 0 Å². The number of aromatic nitrogens is 1. The molecule has 2 nitrogen and oxygen atoms in total. The van der Waals surface area contributed by atoms with Gasteiger partial charge in [-0.25, -0.2) is 0 Å². The molecule has 17 heavy (non-hydrogen) atoms. The Labute approximate surface area is 108 Å². The SMILES string of the molecule is CCC1CCCCC1OCc1cc(Cl)ccn1. The van der Waals surface area contributed by atoms with Gasteiger partial charge in [-0.2, -0.15) is 0 Å². The van der Waals surface area contributed by atoms with Crippen LogP contribution in [0.4, 0.5) is 0 Å². The van der Waals surface area contributed by atoms with E-state index >= 15 is 0 Å². The molecular formula is C14H20ClNO. The molecule has 1 fully saturated rings. The lowest BCUT2D eigenvalue weighted by Crippen LogP contribution is -2.27. The summed E-state index contributed by atoms with van der Waals surface area (Å²) in [5, 5.41) is 0.731. The summed E-state index contributed by atoms with van der Waals surface area (Å²) in [5.74, 6) is 0.725. The number of nitrogens with zero attached hydrogens (tertiary/aromatic N) is 1. The Kier molecular flexibility index (Phi) is 4.81. The van der Waals surface area contributed by atoms with Crippen LogP contribution in [0.2, 0.25) is 5.02 Å². The van der Waals surface area contributed by atoms with Crippen molar-refractivity contribution in [3.05, 3.63) is 29.0 Å². The van der Waals surface area contributed by atoms with Crippen molar-refractivity contribution in [1.29, 1.82) is 0 Å². The average Bonchev–Trinajstić information content (AvgIpc) is 2.37. The van der Waals surface area contributed by atoms with Crippen LogP contribution >= 0.6 is 11.6 Å². The van der Waals surface area contributed by atoms with Gasteiger partial charge < -0.3 is 4.74 Å². The molecule has 0 spiro atoms. The van der Waals surface area contributed by atoms with Gasteiger partial charge in [0.1, 0.15) is 0 Å². The van der Waals surface area contributed by atoms with Crippen LogP contribution in [-0.2, 0) is 11.3 Å². The zero-order valence-corrected chi connectivity index (χ0v) is 11.1. The maximum absolute atomic E-state index is 6.01. The molecule has 0 aliphatic heterocycles. The fourth-order valence-electron chi connectivity index (χ4n) is 2.58. The van der Waals surface area contributed by atoms with Gasteiger partial charge in [-0.1, -0.05) is 37.8 Å². The number of hydrogen-bond donors (Lipinski definition) is 0. The molecule has 1 aliphatic carbocycles. The third kappa shape index (κ3) is 3.68. The lowest BCUT2D eigenvalue weighted by atomic mass is 9.85. The monoisotopic (exact) mass is 253 g/mol. The van der Waals surface area contributed by atoms with Gasteiger partial charge in [0.05, 0.1) is 18.4 Å². The van der Waals surface area contributed by atoms with E-state index in [1.54, 1.807) is 12.3 Å². The number of hydrogen-bond acceptors (Lipinski definition) is 2. The van der Waals surface area contributed by atoms with Crippen molar-refractivity contribution in [2.24, 2.45) is 5.92 Å². The topological polar surface area (TPSA) is 22.1 Å². The molecule has 94 valence electrons. The predicted molar refractivity (Wildman–Crippen MR) is 70.1 cm³/mol. The Morgan fingerprint density at radius 3 is 3.00 bits per heavy atom. The highest BCUT2D eigenvalue weighted by molar-refractivity contribution is 6.30. The minimum Gasteiger partial charge on any atom is -0.372 e. The van der Waals surface area contributed by atoms with Crippen molar-refractivity contribution in [2.75, 3.05) is 0 Å². The molecule has 0 radical (unpaired) electrons. The number of rotatable bonds is 4. The third-order valence-electron chi connectivity index (χ3n) is 3.59. The maximum atomic E-state index is 6.01. The molecule has 3 heteroatoms. The van der Waals surface area contributed by atoms with Gasteiger partial charge >= 0.3 is 0 Å². The van der Waals surface area contributed by atoms with Gasteiger partial charge in [0.2, 0.25) is 0 Å². The molecule has 2 unspecified atom stereocenters. The van der Waals surface area contributed by atoms with Gasteiger partial charge in [-0.15, -0.1) is 0 Å². The first-order chi connectivity index (χ1) is 8.29. The number of ether oxygens (including phenoxy) is 1. The Morgan fingerprint density at radius 1 is 1.41 bits per heavy atom. The highest BCUT2D eigenvalue weighted by atomic mass is 35.5. The third-order valence-corrected chi connectivity index (χ3v) is 3.82. The Hall–Kier alpha value is -0.600. The predicted octanol–water partition coefficient (Wildman–Crippen LogP) is 4.22. The van der Waals surface area contributed by atoms with Gasteiger partial charge in [0.15, 0.2) is 0 Å². The average molecular weight is 254 g/mol. The number of halogens is 1. The summed E-state index contributed by atoms with van der Waals surface area (Å²) in [6.07, 6.45) is 8.52. The summed E-state index contributed by atoms with van der Waals surface area (Å²) < 4.78 is 6.01. The molecule has 2 atom stereocenters. The number of pyridine rings is 1. The minimum absolute atomic E-state index is 0.412. The molecule has 1 aromatic heterocycles. The molecule has 0 N–H and O–H groups in total. The van der Waals surface area contributed by atoms with E-state index in [1.165, 1.54) is 32.1 Å². The van der Waals surface area contributed by atoms with E-state index < -0.39 is 0 Å². The summed E-state index contributed by atoms with van der Waals surface area (Å²) in [4.78, 5) is 4.27. The molecule has 0 saturated heterocycles. The highest BCUT2D eigenvalue weighted by Crippen LogP contribution is 2.29. The molecule has 1 heterocycles. The first-order valence-electron chi connectivity index (χ1n) is 6.51. The molecule has 2 rings (SSSR count). The minimum atomic E-state index is 0.412. The van der Waals surface area contributed by atoms with Crippen molar-refractivity contribution in [3.63, 3.8) is 0 Å². The standard InChI is InChI=1S/C14H20ClNO/c1-2-11-5-3-4-6-14(11)17-10-13-9-12(15)7-8-16-13/h7-9,11,14H,2-6,10H2,1H3. The molecular weight excluding hydrogens is 234 g/mol.